The van der Waals surface area contributed by atoms with Gasteiger partial charge in [-0.1, -0.05) is 18.5 Å². The molecule has 0 radical (unpaired) electrons. The molecule has 0 aromatic heterocycles. The van der Waals surface area contributed by atoms with Gasteiger partial charge >= 0.3 is 0 Å². The van der Waals surface area contributed by atoms with Gasteiger partial charge in [0.25, 0.3) is 5.91 Å². The Labute approximate surface area is 116 Å². The summed E-state index contributed by atoms with van der Waals surface area (Å²) in [6.07, 6.45) is 3.04. The van der Waals surface area contributed by atoms with Gasteiger partial charge in [-0.2, -0.15) is 11.8 Å². The number of carbonyl (C=O) groups excluding carboxylic acids is 1. The molecule has 1 rings (SSSR count). The number of anilines is 2. The third kappa shape index (κ3) is 3.99. The van der Waals surface area contributed by atoms with E-state index in [1.54, 1.807) is 17.8 Å². The molecular weight excluding hydrogens is 270 g/mol. The number of halogens is 1. The lowest BCUT2D eigenvalue weighted by molar-refractivity contribution is 0.100. The molecule has 0 heterocycles. The van der Waals surface area contributed by atoms with Crippen molar-refractivity contribution in [3.8, 4) is 0 Å². The summed E-state index contributed by atoms with van der Waals surface area (Å²) in [5.41, 5.74) is 12.3. The third-order valence-corrected chi connectivity index (χ3v) is 3.97. The molecule has 0 saturated carbocycles. The highest BCUT2D eigenvalue weighted by Gasteiger charge is 2.13. The van der Waals surface area contributed by atoms with E-state index in [-0.39, 0.29) is 0 Å². The van der Waals surface area contributed by atoms with Gasteiger partial charge in [-0.05, 0) is 24.8 Å². The third-order valence-electron chi connectivity index (χ3n) is 2.63. The molecule has 1 aromatic carbocycles. The lowest BCUT2D eigenvalue weighted by Gasteiger charge is -2.14. The number of nitrogens with two attached hydrogens (primary N) is 2. The topological polar surface area (TPSA) is 81.1 Å². The molecule has 0 saturated heterocycles. The first kappa shape index (κ1) is 15.0. The zero-order chi connectivity index (χ0) is 13.7. The molecule has 100 valence electrons. The highest BCUT2D eigenvalue weighted by molar-refractivity contribution is 7.99. The number of carbonyl (C=O) groups is 1. The van der Waals surface area contributed by atoms with Crippen LogP contribution in [0.2, 0.25) is 5.02 Å². The van der Waals surface area contributed by atoms with E-state index in [9.17, 15) is 4.79 Å². The van der Waals surface area contributed by atoms with Crippen molar-refractivity contribution in [3.63, 3.8) is 0 Å². The summed E-state index contributed by atoms with van der Waals surface area (Å²) >= 11 is 7.86. The first-order valence-electron chi connectivity index (χ1n) is 5.61. The minimum absolute atomic E-state index is 0.330. The fourth-order valence-electron chi connectivity index (χ4n) is 1.52. The van der Waals surface area contributed by atoms with Gasteiger partial charge in [-0.15, -0.1) is 0 Å². The Hall–Kier alpha value is -1.07. The number of benzene rings is 1. The summed E-state index contributed by atoms with van der Waals surface area (Å²) in [6.45, 7) is 2.87. The summed E-state index contributed by atoms with van der Waals surface area (Å²) in [4.78, 5) is 11.3. The Morgan fingerprint density at radius 2 is 2.22 bits per heavy atom. The van der Waals surface area contributed by atoms with Crippen molar-refractivity contribution in [2.24, 2.45) is 5.73 Å². The van der Waals surface area contributed by atoms with E-state index in [0.717, 1.165) is 13.0 Å². The lowest BCUT2D eigenvalue weighted by Crippen LogP contribution is -2.16. The zero-order valence-corrected chi connectivity index (χ0v) is 12.1. The molecule has 18 heavy (non-hydrogen) atoms. The quantitative estimate of drug-likeness (QED) is 0.703. The molecule has 1 amide bonds. The second kappa shape index (κ2) is 6.75. The Balaban J connectivity index is 2.84. The van der Waals surface area contributed by atoms with Crippen LogP contribution in [-0.4, -0.2) is 24.0 Å². The minimum Gasteiger partial charge on any atom is -0.399 e. The van der Waals surface area contributed by atoms with E-state index in [0.29, 0.717) is 27.2 Å². The summed E-state index contributed by atoms with van der Waals surface area (Å²) in [7, 11) is 0. The predicted molar refractivity (Wildman–Crippen MR) is 80.5 cm³/mol. The summed E-state index contributed by atoms with van der Waals surface area (Å²) < 4.78 is 0. The average molecular weight is 288 g/mol. The van der Waals surface area contributed by atoms with Gasteiger partial charge in [0.05, 0.1) is 16.3 Å². The van der Waals surface area contributed by atoms with Crippen LogP contribution in [0.25, 0.3) is 0 Å². The fourth-order valence-corrected chi connectivity index (χ4v) is 2.17. The normalized spacial score (nSPS) is 12.2. The Kier molecular flexibility index (Phi) is 5.62. The maximum Gasteiger partial charge on any atom is 0.250 e. The van der Waals surface area contributed by atoms with Crippen molar-refractivity contribution in [1.82, 2.24) is 0 Å². The molecule has 4 nitrogen and oxygen atoms in total. The van der Waals surface area contributed by atoms with Crippen molar-refractivity contribution < 1.29 is 4.79 Å². The SMILES string of the molecule is CSC(C)CCNc1c(Cl)cc(N)cc1C(N)=O. The molecule has 5 N–H and O–H groups in total. The van der Waals surface area contributed by atoms with Gasteiger partial charge in [0.2, 0.25) is 0 Å². The molecule has 6 heteroatoms. The molecule has 1 atom stereocenters. The Morgan fingerprint density at radius 3 is 2.78 bits per heavy atom. The maximum absolute atomic E-state index is 11.3. The number of nitrogens with one attached hydrogen (secondary N) is 1. The van der Waals surface area contributed by atoms with Crippen molar-refractivity contribution in [1.29, 1.82) is 0 Å². The standard InChI is InChI=1S/C12H18ClN3OS/c1-7(18-2)3-4-16-11-9(12(15)17)5-8(14)6-10(11)13/h5-7,16H,3-4,14H2,1-2H3,(H2,15,17). The van der Waals surface area contributed by atoms with Gasteiger partial charge < -0.3 is 16.8 Å². The number of hydrogen-bond donors (Lipinski definition) is 3. The van der Waals surface area contributed by atoms with Crippen LogP contribution in [-0.2, 0) is 0 Å². The van der Waals surface area contributed by atoms with Gasteiger partial charge in [0.15, 0.2) is 0 Å². The van der Waals surface area contributed by atoms with Crippen LogP contribution < -0.4 is 16.8 Å². The first-order valence-corrected chi connectivity index (χ1v) is 7.27. The first-order chi connectivity index (χ1) is 8.45. The highest BCUT2D eigenvalue weighted by Crippen LogP contribution is 2.29. The van der Waals surface area contributed by atoms with Crippen LogP contribution in [0.1, 0.15) is 23.7 Å². The Morgan fingerprint density at radius 1 is 1.56 bits per heavy atom. The van der Waals surface area contributed by atoms with Crippen molar-refractivity contribution in [2.75, 3.05) is 23.9 Å². The van der Waals surface area contributed by atoms with Crippen molar-refractivity contribution in [2.45, 2.75) is 18.6 Å². The van der Waals surface area contributed by atoms with E-state index in [4.69, 9.17) is 23.1 Å². The maximum atomic E-state index is 11.3. The summed E-state index contributed by atoms with van der Waals surface area (Å²) in [5.74, 6) is -0.537. The van der Waals surface area contributed by atoms with Gasteiger partial charge in [0, 0.05) is 17.5 Å². The summed E-state index contributed by atoms with van der Waals surface area (Å²) in [5, 5.41) is 4.11. The highest BCUT2D eigenvalue weighted by atomic mass is 35.5. The van der Waals surface area contributed by atoms with Crippen LogP contribution in [0.5, 0.6) is 0 Å². The predicted octanol–water partition coefficient (Wildman–Crippen LogP) is 2.57. The molecule has 0 spiro atoms. The van der Waals surface area contributed by atoms with E-state index in [1.807, 2.05) is 0 Å². The van der Waals surface area contributed by atoms with Crippen LogP contribution in [0.3, 0.4) is 0 Å². The van der Waals surface area contributed by atoms with Crippen LogP contribution >= 0.6 is 23.4 Å². The molecule has 1 unspecified atom stereocenters. The molecule has 0 aliphatic carbocycles. The molecule has 1 aromatic rings. The van der Waals surface area contributed by atoms with Crippen LogP contribution in [0, 0.1) is 0 Å². The van der Waals surface area contributed by atoms with Crippen molar-refractivity contribution in [3.05, 3.63) is 22.7 Å². The van der Waals surface area contributed by atoms with Crippen molar-refractivity contribution >= 4 is 40.6 Å². The Bertz CT molecular complexity index is 440. The second-order valence-electron chi connectivity index (χ2n) is 4.05. The fraction of sp³-hybridized carbons (Fsp3) is 0.417. The molecule has 0 fully saturated rings. The zero-order valence-electron chi connectivity index (χ0n) is 10.5. The number of thioether (sulfide) groups is 1. The van der Waals surface area contributed by atoms with E-state index in [1.165, 1.54) is 6.07 Å². The number of hydrogen-bond acceptors (Lipinski definition) is 4. The van der Waals surface area contributed by atoms with Gasteiger partial charge in [0.1, 0.15) is 0 Å². The number of rotatable bonds is 6. The average Bonchev–Trinajstić information content (AvgIpc) is 2.30. The minimum atomic E-state index is -0.537. The molecule has 0 bridgehead atoms. The molecular formula is C12H18ClN3OS. The molecule has 0 aliphatic heterocycles. The van der Waals surface area contributed by atoms with Crippen LogP contribution in [0.15, 0.2) is 12.1 Å². The smallest absolute Gasteiger partial charge is 0.250 e. The van der Waals surface area contributed by atoms with E-state index >= 15 is 0 Å². The monoisotopic (exact) mass is 287 g/mol. The number of nitrogen functional groups attached to an aromatic ring is 1. The number of primary amides is 1. The van der Waals surface area contributed by atoms with Crippen LogP contribution in [0.4, 0.5) is 11.4 Å². The molecule has 0 aliphatic rings. The second-order valence-corrected chi connectivity index (χ2v) is 5.73. The van der Waals surface area contributed by atoms with Gasteiger partial charge in [-0.25, -0.2) is 0 Å². The summed E-state index contributed by atoms with van der Waals surface area (Å²) in [6, 6.07) is 3.14. The number of amides is 1. The largest absolute Gasteiger partial charge is 0.399 e. The van der Waals surface area contributed by atoms with E-state index < -0.39 is 5.91 Å². The lowest BCUT2D eigenvalue weighted by atomic mass is 10.1. The van der Waals surface area contributed by atoms with E-state index in [2.05, 4.69) is 18.5 Å². The van der Waals surface area contributed by atoms with Gasteiger partial charge in [-0.3, -0.25) is 4.79 Å².